The number of hydrogen-bond donors (Lipinski definition) is 1. The molecule has 1 saturated heterocycles. The van der Waals surface area contributed by atoms with E-state index in [1.54, 1.807) is 17.8 Å². The molecule has 0 amide bonds. The van der Waals surface area contributed by atoms with Gasteiger partial charge in [-0.2, -0.15) is 0 Å². The van der Waals surface area contributed by atoms with E-state index >= 15 is 0 Å². The van der Waals surface area contributed by atoms with Gasteiger partial charge in [-0.3, -0.25) is 9.59 Å². The number of aliphatic carboxylic acids is 1. The second-order valence-corrected chi connectivity index (χ2v) is 13.9. The van der Waals surface area contributed by atoms with E-state index in [4.69, 9.17) is 12.2 Å². The third kappa shape index (κ3) is 11.4. The molecule has 1 aromatic carbocycles. The molecule has 0 aliphatic carbocycles. The summed E-state index contributed by atoms with van der Waals surface area (Å²) in [6.07, 6.45) is 25.3. The standard InChI is InChI=1S/C33H48N2O3S3/c1-3-4-5-6-7-8-9-10-11-12-13-14-15-16-17-18-23-34-27-20-19-26(2)24-29(27)40-30(34)22-21-28-32(38)41-33(39)35(28)25-31(36)37/h19-22,24H,3-18,23,25H2,1-2H3,(H,36,37)/b28-21+,30-22+. The molecule has 1 fully saturated rings. The summed E-state index contributed by atoms with van der Waals surface area (Å²) in [7, 11) is 0. The molecule has 1 N–H and O–H groups in total. The lowest BCUT2D eigenvalue weighted by atomic mass is 10.0. The maximum Gasteiger partial charge on any atom is 0.323 e. The molecule has 0 radical (unpaired) electrons. The van der Waals surface area contributed by atoms with Crippen molar-refractivity contribution in [1.29, 1.82) is 0 Å². The van der Waals surface area contributed by atoms with Crippen LogP contribution in [0.15, 0.2) is 46.0 Å². The number of rotatable bonds is 20. The molecule has 8 heteroatoms. The van der Waals surface area contributed by atoms with Gasteiger partial charge in [0.25, 0.3) is 0 Å². The number of fused-ring (bicyclic) bond motifs is 1. The number of carbonyl (C=O) groups is 2. The van der Waals surface area contributed by atoms with Crippen molar-refractivity contribution in [1.82, 2.24) is 4.90 Å². The van der Waals surface area contributed by atoms with Gasteiger partial charge in [0.1, 0.15) is 10.9 Å². The summed E-state index contributed by atoms with van der Waals surface area (Å²) >= 11 is 7.86. The Morgan fingerprint density at radius 3 is 1.95 bits per heavy atom. The molecular weight excluding hydrogens is 569 g/mol. The summed E-state index contributed by atoms with van der Waals surface area (Å²) in [5, 5.41) is 10.1. The van der Waals surface area contributed by atoms with Crippen LogP contribution < -0.4 is 4.90 Å². The monoisotopic (exact) mass is 616 g/mol. The van der Waals surface area contributed by atoms with Gasteiger partial charge < -0.3 is 14.9 Å². The molecule has 0 spiro atoms. The van der Waals surface area contributed by atoms with Gasteiger partial charge in [-0.1, -0.05) is 133 Å². The highest BCUT2D eigenvalue weighted by Crippen LogP contribution is 2.46. The molecule has 0 saturated carbocycles. The molecule has 5 nitrogen and oxygen atoms in total. The highest BCUT2D eigenvalue weighted by molar-refractivity contribution is 8.33. The topological polar surface area (TPSA) is 60.9 Å². The van der Waals surface area contributed by atoms with Gasteiger partial charge in [0.2, 0.25) is 5.12 Å². The molecule has 41 heavy (non-hydrogen) atoms. The van der Waals surface area contributed by atoms with E-state index in [2.05, 4.69) is 36.9 Å². The molecule has 0 aromatic heterocycles. The number of nitrogens with zero attached hydrogens (tertiary/aromatic N) is 2. The Bertz CT molecular complexity index is 1090. The van der Waals surface area contributed by atoms with E-state index in [0.29, 0.717) is 10.0 Å². The molecule has 0 bridgehead atoms. The van der Waals surface area contributed by atoms with Crippen LogP contribution in [0.5, 0.6) is 0 Å². The lowest BCUT2D eigenvalue weighted by Crippen LogP contribution is -2.28. The summed E-state index contributed by atoms with van der Waals surface area (Å²) in [6, 6.07) is 6.53. The van der Waals surface area contributed by atoms with Gasteiger partial charge in [0.05, 0.1) is 16.4 Å². The lowest BCUT2D eigenvalue weighted by Gasteiger charge is -2.20. The molecule has 1 aromatic rings. The van der Waals surface area contributed by atoms with Crippen molar-refractivity contribution < 1.29 is 14.7 Å². The number of carboxylic acids is 1. The first-order valence-corrected chi connectivity index (χ1v) is 17.7. The number of carboxylic acid groups (broad SMARTS) is 1. The number of hydrogen-bond acceptors (Lipinski definition) is 6. The number of unbranched alkanes of at least 4 members (excludes halogenated alkanes) is 15. The normalized spacial score (nSPS) is 16.9. The number of allylic oxidation sites excluding steroid dienone is 2. The summed E-state index contributed by atoms with van der Waals surface area (Å²) in [6.45, 7) is 5.00. The van der Waals surface area contributed by atoms with E-state index in [1.165, 1.54) is 117 Å². The minimum Gasteiger partial charge on any atom is -0.480 e. The Morgan fingerprint density at radius 2 is 1.39 bits per heavy atom. The third-order valence-corrected chi connectivity index (χ3v) is 10.1. The fraction of sp³-hybridized carbons (Fsp3) is 0.606. The van der Waals surface area contributed by atoms with Crippen LogP contribution in [-0.2, 0) is 9.59 Å². The highest BCUT2D eigenvalue weighted by atomic mass is 32.2. The second-order valence-electron chi connectivity index (χ2n) is 11.2. The van der Waals surface area contributed by atoms with E-state index in [9.17, 15) is 14.7 Å². The summed E-state index contributed by atoms with van der Waals surface area (Å²) < 4.78 is 0.296. The van der Waals surface area contributed by atoms with Crippen molar-refractivity contribution in [3.8, 4) is 0 Å². The van der Waals surface area contributed by atoms with Crippen LogP contribution in [0.3, 0.4) is 0 Å². The first-order valence-electron chi connectivity index (χ1n) is 15.6. The van der Waals surface area contributed by atoms with Gasteiger partial charge >= 0.3 is 5.97 Å². The van der Waals surface area contributed by atoms with E-state index in [1.807, 2.05) is 6.08 Å². The number of anilines is 1. The fourth-order valence-electron chi connectivity index (χ4n) is 5.37. The van der Waals surface area contributed by atoms with Crippen molar-refractivity contribution >= 4 is 56.8 Å². The largest absolute Gasteiger partial charge is 0.480 e. The summed E-state index contributed by atoms with van der Waals surface area (Å²) in [5.41, 5.74) is 2.76. The summed E-state index contributed by atoms with van der Waals surface area (Å²) in [4.78, 5) is 28.8. The van der Waals surface area contributed by atoms with Gasteiger partial charge in [-0.05, 0) is 55.0 Å². The first-order chi connectivity index (χ1) is 19.9. The predicted octanol–water partition coefficient (Wildman–Crippen LogP) is 9.84. The molecular formula is C33H48N2O3S3. The van der Waals surface area contributed by atoms with Gasteiger partial charge in [0.15, 0.2) is 0 Å². The number of carbonyl (C=O) groups excluding carboxylic acids is 1. The van der Waals surface area contributed by atoms with Crippen LogP contribution in [0.1, 0.15) is 115 Å². The Kier molecular flexibility index (Phi) is 15.4. The quantitative estimate of drug-likeness (QED) is 0.0882. The van der Waals surface area contributed by atoms with Crippen LogP contribution >= 0.6 is 35.7 Å². The lowest BCUT2D eigenvalue weighted by molar-refractivity contribution is -0.137. The number of aryl methyl sites for hydroxylation is 1. The van der Waals surface area contributed by atoms with E-state index < -0.39 is 5.97 Å². The van der Waals surface area contributed by atoms with Crippen LogP contribution in [0, 0.1) is 6.92 Å². The Labute approximate surface area is 261 Å². The molecule has 3 rings (SSSR count). The molecule has 2 heterocycles. The molecule has 226 valence electrons. The average Bonchev–Trinajstić information content (AvgIpc) is 3.41. The molecule has 0 atom stereocenters. The van der Waals surface area contributed by atoms with Crippen molar-refractivity contribution in [2.24, 2.45) is 0 Å². The van der Waals surface area contributed by atoms with Gasteiger partial charge in [-0.25, -0.2) is 0 Å². The Balaban J connectivity index is 1.40. The molecule has 2 aliphatic rings. The van der Waals surface area contributed by atoms with Crippen molar-refractivity contribution in [3.05, 3.63) is 46.6 Å². The third-order valence-electron chi connectivity index (χ3n) is 7.70. The number of thiocarbonyl (C=S) groups is 1. The smallest absolute Gasteiger partial charge is 0.323 e. The SMILES string of the molecule is CCCCCCCCCCCCCCCCCCN1/C(=C\C=C2/C(=O)SC(=S)N2CC(=O)O)Sc2cc(C)ccc21. The second kappa shape index (κ2) is 18.7. The Hall–Kier alpha value is -1.77. The predicted molar refractivity (Wildman–Crippen MR) is 180 cm³/mol. The van der Waals surface area contributed by atoms with Crippen molar-refractivity contribution in [3.63, 3.8) is 0 Å². The minimum absolute atomic E-state index is 0.200. The van der Waals surface area contributed by atoms with Gasteiger partial charge in [0, 0.05) is 11.4 Å². The average molecular weight is 617 g/mol. The first kappa shape index (κ1) is 33.7. The van der Waals surface area contributed by atoms with E-state index in [-0.39, 0.29) is 11.7 Å². The Morgan fingerprint density at radius 1 is 0.829 bits per heavy atom. The zero-order valence-electron chi connectivity index (χ0n) is 25.0. The maximum atomic E-state index is 12.5. The fourth-order valence-corrected chi connectivity index (χ4v) is 7.67. The van der Waals surface area contributed by atoms with Crippen molar-refractivity contribution in [2.75, 3.05) is 18.0 Å². The van der Waals surface area contributed by atoms with Crippen LogP contribution in [-0.4, -0.2) is 38.5 Å². The number of thioether (sulfide) groups is 2. The summed E-state index contributed by atoms with van der Waals surface area (Å²) in [5.74, 6) is -1.01. The van der Waals surface area contributed by atoms with Crippen LogP contribution in [0.25, 0.3) is 0 Å². The maximum absolute atomic E-state index is 12.5. The molecule has 0 unspecified atom stereocenters. The molecule has 2 aliphatic heterocycles. The highest BCUT2D eigenvalue weighted by Gasteiger charge is 2.33. The van der Waals surface area contributed by atoms with E-state index in [0.717, 1.165) is 29.8 Å². The zero-order valence-corrected chi connectivity index (χ0v) is 27.4. The minimum atomic E-state index is -1.01. The van der Waals surface area contributed by atoms with Gasteiger partial charge in [-0.15, -0.1) is 0 Å². The number of benzene rings is 1. The van der Waals surface area contributed by atoms with Crippen molar-refractivity contribution in [2.45, 2.75) is 121 Å². The van der Waals surface area contributed by atoms with Crippen LogP contribution in [0.4, 0.5) is 5.69 Å². The zero-order chi connectivity index (χ0) is 29.5. The van der Waals surface area contributed by atoms with Crippen LogP contribution in [0.2, 0.25) is 0 Å².